The molecule has 6 nitrogen and oxygen atoms in total. The Morgan fingerprint density at radius 1 is 1.07 bits per heavy atom. The highest BCUT2D eigenvalue weighted by Crippen LogP contribution is 2.18. The van der Waals surface area contributed by atoms with Crippen LogP contribution in [0.5, 0.6) is 5.75 Å². The number of rotatable bonds is 10. The van der Waals surface area contributed by atoms with Gasteiger partial charge in [0.1, 0.15) is 5.75 Å². The predicted octanol–water partition coefficient (Wildman–Crippen LogP) is 3.26. The Hall–Kier alpha value is -2.29. The van der Waals surface area contributed by atoms with Gasteiger partial charge in [0.2, 0.25) is 0 Å². The summed E-state index contributed by atoms with van der Waals surface area (Å²) in [4.78, 5) is 16.0. The summed E-state index contributed by atoms with van der Waals surface area (Å²) >= 11 is 0. The van der Waals surface area contributed by atoms with E-state index < -0.39 is 0 Å². The van der Waals surface area contributed by atoms with Crippen LogP contribution in [0, 0.1) is 0 Å². The van der Waals surface area contributed by atoms with Gasteiger partial charge in [0.15, 0.2) is 12.6 Å². The first-order chi connectivity index (χ1) is 14.2. The number of nitrogens with zero attached hydrogens (tertiary/aromatic N) is 1. The van der Waals surface area contributed by atoms with Crippen molar-refractivity contribution in [1.29, 1.82) is 0 Å². The molecule has 3 rings (SSSR count). The van der Waals surface area contributed by atoms with E-state index in [1.165, 1.54) is 5.56 Å². The fourth-order valence-corrected chi connectivity index (χ4v) is 2.94. The summed E-state index contributed by atoms with van der Waals surface area (Å²) < 4.78 is 5.61. The minimum atomic E-state index is -0.0591. The van der Waals surface area contributed by atoms with E-state index >= 15 is 0 Å². The van der Waals surface area contributed by atoms with Gasteiger partial charge in [-0.15, -0.1) is 24.0 Å². The number of amides is 1. The van der Waals surface area contributed by atoms with Crippen molar-refractivity contribution in [2.24, 2.45) is 4.99 Å². The molecule has 1 aliphatic rings. The normalized spacial score (nSPS) is 13.2. The average Bonchev–Trinajstić information content (AvgIpc) is 3.57. The van der Waals surface area contributed by atoms with Gasteiger partial charge in [-0.3, -0.25) is 9.79 Å². The smallest absolute Gasteiger partial charge is 0.258 e. The van der Waals surface area contributed by atoms with Gasteiger partial charge >= 0.3 is 0 Å². The van der Waals surface area contributed by atoms with Gasteiger partial charge in [0.05, 0.1) is 0 Å². The minimum absolute atomic E-state index is 0. The third-order valence-electron chi connectivity index (χ3n) is 4.67. The maximum atomic E-state index is 11.7. The molecular formula is C23H31IN4O2. The summed E-state index contributed by atoms with van der Waals surface area (Å²) in [7, 11) is 1.77. The van der Waals surface area contributed by atoms with Crippen molar-refractivity contribution < 1.29 is 9.53 Å². The molecule has 0 bridgehead atoms. The highest BCUT2D eigenvalue weighted by molar-refractivity contribution is 14.0. The minimum Gasteiger partial charge on any atom is -0.484 e. The van der Waals surface area contributed by atoms with Crippen LogP contribution in [0.15, 0.2) is 59.6 Å². The van der Waals surface area contributed by atoms with Crippen molar-refractivity contribution >= 4 is 35.8 Å². The average molecular weight is 522 g/mol. The standard InChI is InChI=1S/C23H30N4O2.HI/c1-24-23(25-14-6-10-18-7-3-2-4-8-18)26-16-19-9-5-11-21(15-19)29-17-22(28)27-20-12-13-20;/h2-5,7-9,11,15,20H,6,10,12-14,16-17H2,1H3,(H,27,28)(H2,24,25,26);1H. The Balaban J connectivity index is 0.00000320. The number of benzene rings is 2. The molecule has 1 fully saturated rings. The van der Waals surface area contributed by atoms with Crippen molar-refractivity contribution in [3.05, 3.63) is 65.7 Å². The fraction of sp³-hybridized carbons (Fsp3) is 0.391. The molecule has 1 aliphatic carbocycles. The predicted molar refractivity (Wildman–Crippen MR) is 131 cm³/mol. The van der Waals surface area contributed by atoms with Gasteiger partial charge in [0.25, 0.3) is 5.91 Å². The van der Waals surface area contributed by atoms with Crippen molar-refractivity contribution in [3.63, 3.8) is 0 Å². The molecule has 3 N–H and O–H groups in total. The molecule has 0 aliphatic heterocycles. The Kier molecular flexibility index (Phi) is 10.5. The number of hydrogen-bond donors (Lipinski definition) is 3. The van der Waals surface area contributed by atoms with Crippen LogP contribution in [-0.4, -0.2) is 38.1 Å². The third-order valence-corrected chi connectivity index (χ3v) is 4.67. The molecular weight excluding hydrogens is 491 g/mol. The largest absolute Gasteiger partial charge is 0.484 e. The Morgan fingerprint density at radius 3 is 2.57 bits per heavy atom. The Morgan fingerprint density at radius 2 is 1.83 bits per heavy atom. The number of nitrogens with one attached hydrogen (secondary N) is 3. The van der Waals surface area contributed by atoms with E-state index in [1.54, 1.807) is 7.05 Å². The van der Waals surface area contributed by atoms with Gasteiger partial charge in [-0.1, -0.05) is 42.5 Å². The number of hydrogen-bond acceptors (Lipinski definition) is 3. The van der Waals surface area contributed by atoms with E-state index in [0.29, 0.717) is 18.3 Å². The van der Waals surface area contributed by atoms with Gasteiger partial charge in [-0.2, -0.15) is 0 Å². The van der Waals surface area contributed by atoms with E-state index in [1.807, 2.05) is 30.3 Å². The number of aliphatic imine (C=N–C) groups is 1. The molecule has 162 valence electrons. The lowest BCUT2D eigenvalue weighted by atomic mass is 10.1. The summed E-state index contributed by atoms with van der Waals surface area (Å²) in [6.07, 6.45) is 4.23. The van der Waals surface area contributed by atoms with E-state index in [9.17, 15) is 4.79 Å². The highest BCUT2D eigenvalue weighted by Gasteiger charge is 2.23. The van der Waals surface area contributed by atoms with Crippen molar-refractivity contribution in [2.45, 2.75) is 38.3 Å². The summed E-state index contributed by atoms with van der Waals surface area (Å²) in [5.41, 5.74) is 2.41. The van der Waals surface area contributed by atoms with Crippen LogP contribution < -0.4 is 20.7 Å². The van der Waals surface area contributed by atoms with E-state index in [4.69, 9.17) is 4.74 Å². The summed E-state index contributed by atoms with van der Waals surface area (Å²) in [6, 6.07) is 18.6. The second-order valence-corrected chi connectivity index (χ2v) is 7.22. The SMILES string of the molecule is CN=C(NCCCc1ccccc1)NCc1cccc(OCC(=O)NC2CC2)c1.I. The van der Waals surface area contributed by atoms with E-state index in [0.717, 1.165) is 43.8 Å². The third kappa shape index (κ3) is 9.02. The molecule has 0 heterocycles. The summed E-state index contributed by atoms with van der Waals surface area (Å²) in [5, 5.41) is 9.58. The number of ether oxygens (including phenoxy) is 1. The maximum absolute atomic E-state index is 11.7. The molecule has 30 heavy (non-hydrogen) atoms. The molecule has 0 unspecified atom stereocenters. The monoisotopic (exact) mass is 522 g/mol. The van der Waals surface area contributed by atoms with Crippen molar-refractivity contribution in [3.8, 4) is 5.75 Å². The van der Waals surface area contributed by atoms with Gasteiger partial charge in [-0.05, 0) is 48.9 Å². The topological polar surface area (TPSA) is 74.8 Å². The first-order valence-electron chi connectivity index (χ1n) is 10.2. The zero-order chi connectivity index (χ0) is 20.3. The molecule has 0 aromatic heterocycles. The lowest BCUT2D eigenvalue weighted by Crippen LogP contribution is -2.37. The number of halogens is 1. The first kappa shape index (κ1) is 24.0. The number of carbonyl (C=O) groups excluding carboxylic acids is 1. The highest BCUT2D eigenvalue weighted by atomic mass is 127. The Labute approximate surface area is 195 Å². The van der Waals surface area contributed by atoms with Crippen molar-refractivity contribution in [2.75, 3.05) is 20.2 Å². The van der Waals surface area contributed by atoms with E-state index in [-0.39, 0.29) is 36.5 Å². The number of carbonyl (C=O) groups is 1. The molecule has 1 amide bonds. The van der Waals surface area contributed by atoms with E-state index in [2.05, 4.69) is 45.2 Å². The van der Waals surface area contributed by atoms with Crippen LogP contribution in [-0.2, 0) is 17.8 Å². The lowest BCUT2D eigenvalue weighted by molar-refractivity contribution is -0.123. The quantitative estimate of drug-likeness (QED) is 0.194. The lowest BCUT2D eigenvalue weighted by Gasteiger charge is -2.13. The van der Waals surface area contributed by atoms with Crippen LogP contribution in [0.2, 0.25) is 0 Å². The molecule has 0 radical (unpaired) electrons. The molecule has 7 heteroatoms. The molecule has 1 saturated carbocycles. The van der Waals surface area contributed by atoms with Crippen molar-refractivity contribution in [1.82, 2.24) is 16.0 Å². The fourth-order valence-electron chi connectivity index (χ4n) is 2.94. The second kappa shape index (κ2) is 13.1. The second-order valence-electron chi connectivity index (χ2n) is 7.22. The molecule has 0 atom stereocenters. The molecule has 0 saturated heterocycles. The number of aryl methyl sites for hydroxylation is 1. The maximum Gasteiger partial charge on any atom is 0.258 e. The summed E-state index contributed by atoms with van der Waals surface area (Å²) in [6.45, 7) is 1.54. The van der Waals surface area contributed by atoms with Crippen LogP contribution in [0.4, 0.5) is 0 Å². The zero-order valence-electron chi connectivity index (χ0n) is 17.4. The van der Waals surface area contributed by atoms with Crippen LogP contribution >= 0.6 is 24.0 Å². The van der Waals surface area contributed by atoms with Crippen LogP contribution in [0.1, 0.15) is 30.4 Å². The van der Waals surface area contributed by atoms with Gasteiger partial charge in [-0.25, -0.2) is 0 Å². The first-order valence-corrected chi connectivity index (χ1v) is 10.2. The van der Waals surface area contributed by atoms with Gasteiger partial charge in [0, 0.05) is 26.2 Å². The van der Waals surface area contributed by atoms with Gasteiger partial charge < -0.3 is 20.7 Å². The van der Waals surface area contributed by atoms with Crippen LogP contribution in [0.25, 0.3) is 0 Å². The number of guanidine groups is 1. The summed E-state index contributed by atoms with van der Waals surface area (Å²) in [5.74, 6) is 1.41. The molecule has 2 aromatic carbocycles. The molecule has 2 aromatic rings. The Bertz CT molecular complexity index is 810. The molecule has 0 spiro atoms. The van der Waals surface area contributed by atoms with Crippen LogP contribution in [0.3, 0.4) is 0 Å². The zero-order valence-corrected chi connectivity index (χ0v) is 19.7.